The number of pyridine rings is 1. The maximum absolute atomic E-state index is 5.49. The molecule has 1 aliphatic rings. The Bertz CT molecular complexity index is 1290. The molecule has 0 aliphatic carbocycles. The fourth-order valence-corrected chi connectivity index (χ4v) is 4.35. The number of ether oxygens (including phenoxy) is 2. The molecule has 0 saturated carbocycles. The first-order valence-electron chi connectivity index (χ1n) is 12.2. The number of morpholine rings is 1. The summed E-state index contributed by atoms with van der Waals surface area (Å²) in [6, 6.07) is 11.9. The van der Waals surface area contributed by atoms with Crippen molar-refractivity contribution in [1.82, 2.24) is 30.0 Å². The molecule has 0 spiro atoms. The number of hydrogen-bond donors (Lipinski definition) is 2. The molecule has 0 bridgehead atoms. The molecular weight excluding hydrogens is 454 g/mol. The molecule has 9 nitrogen and oxygen atoms in total. The average molecular weight is 486 g/mol. The van der Waals surface area contributed by atoms with Crippen molar-refractivity contribution in [3.63, 3.8) is 0 Å². The van der Waals surface area contributed by atoms with Crippen LogP contribution in [0.1, 0.15) is 12.0 Å². The first-order chi connectivity index (χ1) is 17.7. The summed E-state index contributed by atoms with van der Waals surface area (Å²) in [5, 5.41) is 11.0. The standard InChI is InChI=1S/C27H31N7O2/c1-19-13-21(15-22(14-19)35-2)26-23(18-30-33-26)24-16-25(29-7-4-8-34-9-11-36-12-10-34)32-27(31-24)20-5-3-6-28-17-20/h3,5-6,13-18H,4,7-12H2,1-2H3,(H,30,33)(H,29,31,32). The zero-order valence-electron chi connectivity index (χ0n) is 20.7. The molecule has 3 aromatic heterocycles. The molecule has 4 aromatic rings. The van der Waals surface area contributed by atoms with Crippen LogP contribution in [0.2, 0.25) is 0 Å². The van der Waals surface area contributed by atoms with Crippen LogP contribution >= 0.6 is 0 Å². The number of H-pyrrole nitrogens is 1. The van der Waals surface area contributed by atoms with Gasteiger partial charge in [-0.2, -0.15) is 5.10 Å². The summed E-state index contributed by atoms with van der Waals surface area (Å²) < 4.78 is 10.9. The minimum Gasteiger partial charge on any atom is -0.497 e. The van der Waals surface area contributed by atoms with Gasteiger partial charge in [-0.15, -0.1) is 0 Å². The number of nitrogens with one attached hydrogen (secondary N) is 2. The Labute approximate surface area is 210 Å². The highest BCUT2D eigenvalue weighted by atomic mass is 16.5. The van der Waals surface area contributed by atoms with E-state index in [0.29, 0.717) is 5.82 Å². The Hall–Kier alpha value is -3.82. The molecule has 36 heavy (non-hydrogen) atoms. The predicted octanol–water partition coefficient (Wildman–Crippen LogP) is 4.05. The van der Waals surface area contributed by atoms with E-state index in [2.05, 4.69) is 31.5 Å². The van der Waals surface area contributed by atoms with Crippen molar-refractivity contribution in [2.45, 2.75) is 13.3 Å². The van der Waals surface area contributed by atoms with Crippen molar-refractivity contribution in [2.24, 2.45) is 0 Å². The monoisotopic (exact) mass is 485 g/mol. The average Bonchev–Trinajstić information content (AvgIpc) is 3.42. The number of anilines is 1. The Morgan fingerprint density at radius 1 is 1.08 bits per heavy atom. The van der Waals surface area contributed by atoms with Gasteiger partial charge in [-0.1, -0.05) is 0 Å². The number of hydrogen-bond acceptors (Lipinski definition) is 8. The molecular formula is C27H31N7O2. The normalized spacial score (nSPS) is 14.1. The van der Waals surface area contributed by atoms with Crippen LogP contribution in [0.4, 0.5) is 5.82 Å². The van der Waals surface area contributed by atoms with Crippen molar-refractivity contribution in [3.05, 3.63) is 60.6 Å². The Morgan fingerprint density at radius 3 is 2.78 bits per heavy atom. The van der Waals surface area contributed by atoms with Crippen molar-refractivity contribution in [2.75, 3.05) is 51.8 Å². The van der Waals surface area contributed by atoms with Crippen LogP contribution in [0.3, 0.4) is 0 Å². The molecule has 9 heteroatoms. The second-order valence-electron chi connectivity index (χ2n) is 8.84. The van der Waals surface area contributed by atoms with Crippen LogP contribution in [0.25, 0.3) is 33.9 Å². The lowest BCUT2D eigenvalue weighted by atomic mass is 10.0. The third kappa shape index (κ3) is 5.69. The van der Waals surface area contributed by atoms with E-state index in [0.717, 1.165) is 91.0 Å². The second-order valence-corrected chi connectivity index (χ2v) is 8.84. The SMILES string of the molecule is COc1cc(C)cc(-c2[nH]ncc2-c2cc(NCCCN3CCOCC3)nc(-c3cccnc3)n2)c1. The van der Waals surface area contributed by atoms with Gasteiger partial charge in [0.1, 0.15) is 11.6 Å². The van der Waals surface area contributed by atoms with Crippen molar-refractivity contribution in [1.29, 1.82) is 0 Å². The quantitative estimate of drug-likeness (QED) is 0.343. The van der Waals surface area contributed by atoms with Crippen LogP contribution in [0, 0.1) is 6.92 Å². The smallest absolute Gasteiger partial charge is 0.163 e. The predicted molar refractivity (Wildman–Crippen MR) is 140 cm³/mol. The lowest BCUT2D eigenvalue weighted by Gasteiger charge is -2.26. The van der Waals surface area contributed by atoms with Gasteiger partial charge in [-0.25, -0.2) is 9.97 Å². The lowest BCUT2D eigenvalue weighted by molar-refractivity contribution is 0.0378. The van der Waals surface area contributed by atoms with Gasteiger partial charge >= 0.3 is 0 Å². The fraction of sp³-hybridized carbons (Fsp3) is 0.333. The number of methoxy groups -OCH3 is 1. The molecule has 1 aliphatic heterocycles. The molecule has 0 amide bonds. The Morgan fingerprint density at radius 2 is 1.97 bits per heavy atom. The highest BCUT2D eigenvalue weighted by Gasteiger charge is 2.16. The molecule has 1 aromatic carbocycles. The minimum atomic E-state index is 0.616. The number of rotatable bonds is 9. The van der Waals surface area contributed by atoms with E-state index >= 15 is 0 Å². The van der Waals surface area contributed by atoms with E-state index in [9.17, 15) is 0 Å². The van der Waals surface area contributed by atoms with Crippen molar-refractivity contribution in [3.8, 4) is 39.7 Å². The largest absolute Gasteiger partial charge is 0.497 e. The Balaban J connectivity index is 1.43. The topological polar surface area (TPSA) is 101 Å². The van der Waals surface area contributed by atoms with E-state index in [4.69, 9.17) is 19.4 Å². The first kappa shape index (κ1) is 23.9. The number of benzene rings is 1. The molecule has 1 saturated heterocycles. The molecule has 1 fully saturated rings. The van der Waals surface area contributed by atoms with Gasteiger partial charge in [0.25, 0.3) is 0 Å². The summed E-state index contributed by atoms with van der Waals surface area (Å²) in [4.78, 5) is 16.4. The van der Waals surface area contributed by atoms with Gasteiger partial charge in [0, 0.05) is 54.8 Å². The number of aryl methyl sites for hydroxylation is 1. The van der Waals surface area contributed by atoms with E-state index in [-0.39, 0.29) is 0 Å². The van der Waals surface area contributed by atoms with E-state index < -0.39 is 0 Å². The lowest BCUT2D eigenvalue weighted by Crippen LogP contribution is -2.37. The summed E-state index contributed by atoms with van der Waals surface area (Å²) >= 11 is 0. The Kier molecular flexibility index (Phi) is 7.49. The van der Waals surface area contributed by atoms with Crippen LogP contribution in [-0.2, 0) is 4.74 Å². The molecule has 0 unspecified atom stereocenters. The van der Waals surface area contributed by atoms with Gasteiger partial charge in [0.15, 0.2) is 5.82 Å². The van der Waals surface area contributed by atoms with E-state index in [1.807, 2.05) is 43.5 Å². The van der Waals surface area contributed by atoms with Crippen LogP contribution in [0.5, 0.6) is 5.75 Å². The first-order valence-corrected chi connectivity index (χ1v) is 12.2. The van der Waals surface area contributed by atoms with Crippen LogP contribution < -0.4 is 10.1 Å². The van der Waals surface area contributed by atoms with Crippen molar-refractivity contribution < 1.29 is 9.47 Å². The summed E-state index contributed by atoms with van der Waals surface area (Å²) in [6.07, 6.45) is 6.35. The highest BCUT2D eigenvalue weighted by Crippen LogP contribution is 2.33. The van der Waals surface area contributed by atoms with Gasteiger partial charge < -0.3 is 14.8 Å². The molecule has 2 N–H and O–H groups in total. The number of aromatic nitrogens is 5. The number of aromatic amines is 1. The molecule has 5 rings (SSSR count). The summed E-state index contributed by atoms with van der Waals surface area (Å²) in [7, 11) is 1.67. The summed E-state index contributed by atoms with van der Waals surface area (Å²) in [6.45, 7) is 7.52. The molecule has 0 radical (unpaired) electrons. The number of nitrogens with zero attached hydrogens (tertiary/aromatic N) is 5. The maximum atomic E-state index is 5.49. The summed E-state index contributed by atoms with van der Waals surface area (Å²) in [5.74, 6) is 2.19. The third-order valence-electron chi connectivity index (χ3n) is 6.20. The fourth-order valence-electron chi connectivity index (χ4n) is 4.35. The maximum Gasteiger partial charge on any atom is 0.163 e. The van der Waals surface area contributed by atoms with Gasteiger partial charge in [-0.05, 0) is 55.8 Å². The molecule has 0 atom stereocenters. The zero-order chi connectivity index (χ0) is 24.7. The van der Waals surface area contributed by atoms with Gasteiger partial charge in [0.2, 0.25) is 0 Å². The second kappa shape index (κ2) is 11.3. The van der Waals surface area contributed by atoms with Crippen molar-refractivity contribution >= 4 is 5.82 Å². The third-order valence-corrected chi connectivity index (χ3v) is 6.20. The van der Waals surface area contributed by atoms with Gasteiger partial charge in [0.05, 0.1) is 37.9 Å². The molecule has 186 valence electrons. The van der Waals surface area contributed by atoms with Crippen LogP contribution in [-0.4, -0.2) is 76.6 Å². The van der Waals surface area contributed by atoms with Gasteiger partial charge in [-0.3, -0.25) is 15.0 Å². The minimum absolute atomic E-state index is 0.616. The summed E-state index contributed by atoms with van der Waals surface area (Å²) in [5.41, 5.74) is 5.51. The van der Waals surface area contributed by atoms with E-state index in [1.165, 1.54) is 0 Å². The highest BCUT2D eigenvalue weighted by molar-refractivity contribution is 5.81. The molecule has 4 heterocycles. The van der Waals surface area contributed by atoms with Crippen LogP contribution in [0.15, 0.2) is 55.0 Å². The zero-order valence-corrected chi connectivity index (χ0v) is 20.7. The van der Waals surface area contributed by atoms with E-state index in [1.54, 1.807) is 19.5 Å².